The van der Waals surface area contributed by atoms with Crippen LogP contribution in [0.3, 0.4) is 0 Å². The molecule has 3 heterocycles. The third kappa shape index (κ3) is 3.78. The van der Waals surface area contributed by atoms with Crippen molar-refractivity contribution in [2.45, 2.75) is 13.0 Å². The minimum atomic E-state index is 0.591. The van der Waals surface area contributed by atoms with Crippen molar-refractivity contribution in [3.8, 4) is 6.07 Å². The molecule has 1 N–H and O–H groups in total. The molecule has 0 bridgehead atoms. The summed E-state index contributed by atoms with van der Waals surface area (Å²) in [6.07, 6.45) is 2.80. The highest BCUT2D eigenvalue weighted by molar-refractivity contribution is 7.18. The summed E-state index contributed by atoms with van der Waals surface area (Å²) in [6, 6.07) is 14.1. The number of nitrogens with one attached hydrogen (secondary N) is 1. The van der Waals surface area contributed by atoms with Crippen LogP contribution in [-0.4, -0.2) is 34.5 Å². The van der Waals surface area contributed by atoms with Gasteiger partial charge < -0.3 is 5.32 Å². The van der Waals surface area contributed by atoms with Gasteiger partial charge in [-0.25, -0.2) is 9.97 Å². The number of nitriles is 1. The number of hydrogen-bond donors (Lipinski definition) is 1. The number of thiazole rings is 1. The second-order valence-corrected chi connectivity index (χ2v) is 7.51. The molecule has 1 unspecified atom stereocenters. The predicted octanol–water partition coefficient (Wildman–Crippen LogP) is 3.50. The lowest BCUT2D eigenvalue weighted by atomic mass is 10.1. The monoisotopic (exact) mass is 349 g/mol. The van der Waals surface area contributed by atoms with Crippen LogP contribution in [0.15, 0.2) is 42.6 Å². The molecule has 0 aliphatic carbocycles. The van der Waals surface area contributed by atoms with Gasteiger partial charge in [-0.1, -0.05) is 12.1 Å². The number of hydrogen-bond acceptors (Lipinski definition) is 6. The van der Waals surface area contributed by atoms with Crippen LogP contribution in [0.2, 0.25) is 0 Å². The van der Waals surface area contributed by atoms with Crippen LogP contribution >= 0.6 is 11.3 Å². The Bertz CT molecular complexity index is 863. The standard InChI is InChI=1S/C19H19N5S/c20-9-14-5-6-18(21-10-14)22-11-15-7-8-24(12-15)13-19-23-16-3-1-2-4-17(16)25-19/h1-6,10,15H,7-8,11-13H2,(H,21,22). The van der Waals surface area contributed by atoms with Gasteiger partial charge >= 0.3 is 0 Å². The Morgan fingerprint density at radius 2 is 2.20 bits per heavy atom. The second-order valence-electron chi connectivity index (χ2n) is 6.39. The summed E-state index contributed by atoms with van der Waals surface area (Å²) in [5.41, 5.74) is 1.69. The van der Waals surface area contributed by atoms with Crippen molar-refractivity contribution < 1.29 is 0 Å². The zero-order valence-electron chi connectivity index (χ0n) is 13.9. The zero-order chi connectivity index (χ0) is 17.1. The van der Waals surface area contributed by atoms with Crippen molar-refractivity contribution in [1.82, 2.24) is 14.9 Å². The Hall–Kier alpha value is -2.49. The fourth-order valence-electron chi connectivity index (χ4n) is 3.22. The molecule has 4 rings (SSSR count). The van der Waals surface area contributed by atoms with Crippen molar-refractivity contribution in [2.24, 2.45) is 5.92 Å². The molecule has 6 heteroatoms. The Morgan fingerprint density at radius 3 is 3.00 bits per heavy atom. The SMILES string of the molecule is N#Cc1ccc(NCC2CCN(Cc3nc4ccccc4s3)C2)nc1. The first-order valence-corrected chi connectivity index (χ1v) is 9.28. The lowest BCUT2D eigenvalue weighted by Gasteiger charge is -2.15. The number of likely N-dealkylation sites (tertiary alicyclic amines) is 1. The van der Waals surface area contributed by atoms with Crippen LogP contribution in [0.5, 0.6) is 0 Å². The van der Waals surface area contributed by atoms with Gasteiger partial charge in [-0.15, -0.1) is 11.3 Å². The average molecular weight is 349 g/mol. The average Bonchev–Trinajstić information content (AvgIpc) is 3.26. The maximum atomic E-state index is 8.81. The minimum Gasteiger partial charge on any atom is -0.370 e. The highest BCUT2D eigenvalue weighted by atomic mass is 32.1. The van der Waals surface area contributed by atoms with E-state index in [1.54, 1.807) is 23.6 Å². The Kier molecular flexibility index (Phi) is 4.59. The van der Waals surface area contributed by atoms with Gasteiger partial charge in [0, 0.05) is 19.3 Å². The minimum absolute atomic E-state index is 0.591. The molecule has 0 saturated carbocycles. The number of para-hydroxylation sites is 1. The Morgan fingerprint density at radius 1 is 1.28 bits per heavy atom. The maximum Gasteiger partial charge on any atom is 0.125 e. The van der Waals surface area contributed by atoms with Crippen LogP contribution < -0.4 is 5.32 Å². The molecule has 5 nitrogen and oxygen atoms in total. The van der Waals surface area contributed by atoms with E-state index in [1.807, 2.05) is 12.1 Å². The van der Waals surface area contributed by atoms with Crippen LogP contribution in [0.4, 0.5) is 5.82 Å². The van der Waals surface area contributed by atoms with E-state index in [1.165, 1.54) is 16.1 Å². The van der Waals surface area contributed by atoms with Crippen molar-refractivity contribution in [1.29, 1.82) is 5.26 Å². The van der Waals surface area contributed by atoms with E-state index < -0.39 is 0 Å². The first kappa shape index (κ1) is 16.0. The van der Waals surface area contributed by atoms with Crippen LogP contribution in [-0.2, 0) is 6.54 Å². The van der Waals surface area contributed by atoms with Crippen LogP contribution in [0.1, 0.15) is 17.0 Å². The number of anilines is 1. The summed E-state index contributed by atoms with van der Waals surface area (Å²) in [5, 5.41) is 13.4. The van der Waals surface area contributed by atoms with Gasteiger partial charge in [-0.3, -0.25) is 4.90 Å². The van der Waals surface area contributed by atoms with E-state index in [-0.39, 0.29) is 0 Å². The first-order valence-electron chi connectivity index (χ1n) is 8.47. The number of aromatic nitrogens is 2. The highest BCUT2D eigenvalue weighted by Crippen LogP contribution is 2.25. The molecule has 0 amide bonds. The Balaban J connectivity index is 1.29. The predicted molar refractivity (Wildman–Crippen MR) is 100 cm³/mol. The number of rotatable bonds is 5. The number of pyridine rings is 1. The molecular formula is C19H19N5S. The van der Waals surface area contributed by atoms with Gasteiger partial charge in [0.1, 0.15) is 16.9 Å². The number of benzene rings is 1. The van der Waals surface area contributed by atoms with E-state index in [0.717, 1.165) is 37.5 Å². The topological polar surface area (TPSA) is 64.8 Å². The van der Waals surface area contributed by atoms with E-state index in [4.69, 9.17) is 10.2 Å². The molecule has 1 saturated heterocycles. The molecule has 0 radical (unpaired) electrons. The van der Waals surface area contributed by atoms with Crippen molar-refractivity contribution in [3.63, 3.8) is 0 Å². The highest BCUT2D eigenvalue weighted by Gasteiger charge is 2.23. The second kappa shape index (κ2) is 7.18. The van der Waals surface area contributed by atoms with E-state index in [9.17, 15) is 0 Å². The lowest BCUT2D eigenvalue weighted by molar-refractivity contribution is 0.318. The van der Waals surface area contributed by atoms with Gasteiger partial charge in [-0.2, -0.15) is 5.26 Å². The van der Waals surface area contributed by atoms with Crippen molar-refractivity contribution in [3.05, 3.63) is 53.2 Å². The fraction of sp³-hybridized carbons (Fsp3) is 0.316. The van der Waals surface area contributed by atoms with Crippen molar-refractivity contribution in [2.75, 3.05) is 25.0 Å². The quantitative estimate of drug-likeness (QED) is 0.764. The largest absolute Gasteiger partial charge is 0.370 e. The summed E-state index contributed by atoms with van der Waals surface area (Å²) in [7, 11) is 0. The lowest BCUT2D eigenvalue weighted by Crippen LogP contribution is -2.22. The zero-order valence-corrected chi connectivity index (χ0v) is 14.7. The summed E-state index contributed by atoms with van der Waals surface area (Å²) >= 11 is 1.79. The molecule has 1 aliphatic heterocycles. The molecule has 0 spiro atoms. The molecule has 2 aromatic heterocycles. The molecule has 1 fully saturated rings. The molecular weight excluding hydrogens is 330 g/mol. The fourth-order valence-corrected chi connectivity index (χ4v) is 4.23. The normalized spacial score (nSPS) is 17.6. The maximum absolute atomic E-state index is 8.81. The van der Waals surface area contributed by atoms with Gasteiger partial charge in [0.05, 0.1) is 22.3 Å². The molecule has 126 valence electrons. The molecule has 3 aromatic rings. The van der Waals surface area contributed by atoms with Gasteiger partial charge in [-0.05, 0) is 43.1 Å². The van der Waals surface area contributed by atoms with E-state index in [2.05, 4.69) is 39.5 Å². The summed E-state index contributed by atoms with van der Waals surface area (Å²) in [6.45, 7) is 4.04. The molecule has 1 aromatic carbocycles. The third-order valence-electron chi connectivity index (χ3n) is 4.53. The number of nitrogens with zero attached hydrogens (tertiary/aromatic N) is 4. The Labute approximate surface area is 151 Å². The molecule has 1 aliphatic rings. The smallest absolute Gasteiger partial charge is 0.125 e. The van der Waals surface area contributed by atoms with Crippen LogP contribution in [0.25, 0.3) is 10.2 Å². The third-order valence-corrected chi connectivity index (χ3v) is 5.55. The molecule has 1 atom stereocenters. The van der Waals surface area contributed by atoms with E-state index in [0.29, 0.717) is 11.5 Å². The van der Waals surface area contributed by atoms with Gasteiger partial charge in [0.15, 0.2) is 0 Å². The van der Waals surface area contributed by atoms with Gasteiger partial charge in [0.2, 0.25) is 0 Å². The number of fused-ring (bicyclic) bond motifs is 1. The first-order chi connectivity index (χ1) is 12.3. The van der Waals surface area contributed by atoms with Gasteiger partial charge in [0.25, 0.3) is 0 Å². The van der Waals surface area contributed by atoms with Crippen LogP contribution in [0, 0.1) is 17.2 Å². The van der Waals surface area contributed by atoms with Crippen molar-refractivity contribution >= 4 is 27.4 Å². The van der Waals surface area contributed by atoms with E-state index >= 15 is 0 Å². The molecule has 25 heavy (non-hydrogen) atoms. The summed E-state index contributed by atoms with van der Waals surface area (Å²) in [5.74, 6) is 1.45. The summed E-state index contributed by atoms with van der Waals surface area (Å²) in [4.78, 5) is 11.5. The summed E-state index contributed by atoms with van der Waals surface area (Å²) < 4.78 is 1.27.